The molecule has 20 heavy (non-hydrogen) atoms. The van der Waals surface area contributed by atoms with Crippen LogP contribution in [-0.2, 0) is 6.42 Å². The van der Waals surface area contributed by atoms with Gasteiger partial charge in [-0.15, -0.1) is 0 Å². The molecule has 3 heteroatoms. The van der Waals surface area contributed by atoms with Gasteiger partial charge >= 0.3 is 0 Å². The van der Waals surface area contributed by atoms with Gasteiger partial charge in [-0.25, -0.2) is 0 Å². The molecule has 0 amide bonds. The normalized spacial score (nSPS) is 25.6. The van der Waals surface area contributed by atoms with Crippen molar-refractivity contribution in [1.29, 1.82) is 0 Å². The van der Waals surface area contributed by atoms with Crippen LogP contribution >= 0.6 is 11.8 Å². The van der Waals surface area contributed by atoms with Gasteiger partial charge in [-0.3, -0.25) is 0 Å². The molecule has 1 fully saturated rings. The summed E-state index contributed by atoms with van der Waals surface area (Å²) in [5.41, 5.74) is 3.39. The largest absolute Gasteiger partial charge is 0.308 e. The van der Waals surface area contributed by atoms with Gasteiger partial charge in [0, 0.05) is 43.7 Å². The van der Waals surface area contributed by atoms with E-state index in [9.17, 15) is 0 Å². The van der Waals surface area contributed by atoms with Crippen LogP contribution in [0.5, 0.6) is 0 Å². The highest BCUT2D eigenvalue weighted by molar-refractivity contribution is 7.99. The third kappa shape index (κ3) is 3.05. The molecule has 2 aliphatic rings. The Morgan fingerprint density at radius 1 is 1.25 bits per heavy atom. The second kappa shape index (κ2) is 6.08. The molecule has 1 heterocycles. The van der Waals surface area contributed by atoms with Crippen LogP contribution in [0.3, 0.4) is 0 Å². The lowest BCUT2D eigenvalue weighted by Gasteiger charge is -2.31. The summed E-state index contributed by atoms with van der Waals surface area (Å²) in [6.45, 7) is 9.60. The topological polar surface area (TPSA) is 15.3 Å². The third-order valence-corrected chi connectivity index (χ3v) is 5.62. The predicted molar refractivity (Wildman–Crippen MR) is 88.4 cm³/mol. The van der Waals surface area contributed by atoms with E-state index in [0.717, 1.165) is 6.54 Å². The summed E-state index contributed by atoms with van der Waals surface area (Å²) in [5.74, 6) is 2.61. The highest BCUT2D eigenvalue weighted by Crippen LogP contribution is 2.44. The number of fused-ring (bicyclic) bond motifs is 1. The standard InChI is InChI=1S/C17H26N2S/c1-17(2)13-14-5-3-4-6-15(14)16(17)18-7-8-19-9-11-20-12-10-19/h3-6,16,18H,7-13H2,1-2H3. The van der Waals surface area contributed by atoms with Gasteiger partial charge in [0.1, 0.15) is 0 Å². The van der Waals surface area contributed by atoms with Crippen molar-refractivity contribution in [2.75, 3.05) is 37.7 Å². The maximum atomic E-state index is 3.83. The van der Waals surface area contributed by atoms with Crippen LogP contribution < -0.4 is 5.32 Å². The second-order valence-corrected chi connectivity index (χ2v) is 7.93. The lowest BCUT2D eigenvalue weighted by Crippen LogP contribution is -2.40. The van der Waals surface area contributed by atoms with Crippen molar-refractivity contribution in [3.8, 4) is 0 Å². The van der Waals surface area contributed by atoms with Crippen LogP contribution in [0.1, 0.15) is 31.0 Å². The molecule has 1 aromatic carbocycles. The lowest BCUT2D eigenvalue weighted by molar-refractivity contribution is 0.244. The minimum absolute atomic E-state index is 0.335. The van der Waals surface area contributed by atoms with Crippen molar-refractivity contribution in [1.82, 2.24) is 10.2 Å². The van der Waals surface area contributed by atoms with Gasteiger partial charge in [0.15, 0.2) is 0 Å². The molecule has 1 unspecified atom stereocenters. The zero-order chi connectivity index (χ0) is 14.0. The molecule has 1 N–H and O–H groups in total. The van der Waals surface area contributed by atoms with Crippen molar-refractivity contribution in [3.05, 3.63) is 35.4 Å². The lowest BCUT2D eigenvalue weighted by atomic mass is 9.85. The van der Waals surface area contributed by atoms with Crippen molar-refractivity contribution < 1.29 is 0 Å². The number of nitrogens with one attached hydrogen (secondary N) is 1. The smallest absolute Gasteiger partial charge is 0.0378 e. The summed E-state index contributed by atoms with van der Waals surface area (Å²) in [5, 5.41) is 3.83. The number of benzene rings is 1. The van der Waals surface area contributed by atoms with Gasteiger partial charge in [0.05, 0.1) is 0 Å². The summed E-state index contributed by atoms with van der Waals surface area (Å²) in [7, 11) is 0. The van der Waals surface area contributed by atoms with Crippen LogP contribution in [0.25, 0.3) is 0 Å². The summed E-state index contributed by atoms with van der Waals surface area (Å²) >= 11 is 2.09. The fourth-order valence-corrected chi connectivity index (χ4v) is 4.55. The Morgan fingerprint density at radius 3 is 2.80 bits per heavy atom. The van der Waals surface area contributed by atoms with Crippen LogP contribution in [0.2, 0.25) is 0 Å². The number of rotatable bonds is 4. The molecule has 1 aliphatic carbocycles. The van der Waals surface area contributed by atoms with Crippen molar-refractivity contribution in [3.63, 3.8) is 0 Å². The van der Waals surface area contributed by atoms with Gasteiger partial charge in [-0.05, 0) is 23.0 Å². The first-order valence-electron chi connectivity index (χ1n) is 7.78. The molecule has 0 spiro atoms. The van der Waals surface area contributed by atoms with Gasteiger partial charge in [0.2, 0.25) is 0 Å². The van der Waals surface area contributed by atoms with E-state index in [1.165, 1.54) is 48.7 Å². The van der Waals surface area contributed by atoms with Gasteiger partial charge < -0.3 is 10.2 Å². The quantitative estimate of drug-likeness (QED) is 0.918. The highest BCUT2D eigenvalue weighted by Gasteiger charge is 2.38. The minimum atomic E-state index is 0.335. The average molecular weight is 290 g/mol. The van der Waals surface area contributed by atoms with E-state index in [2.05, 4.69) is 60.1 Å². The van der Waals surface area contributed by atoms with Crippen molar-refractivity contribution in [2.45, 2.75) is 26.3 Å². The fourth-order valence-electron chi connectivity index (χ4n) is 3.57. The maximum absolute atomic E-state index is 3.83. The Kier molecular flexibility index (Phi) is 4.39. The van der Waals surface area contributed by atoms with E-state index in [0.29, 0.717) is 11.5 Å². The van der Waals surface area contributed by atoms with E-state index in [-0.39, 0.29) is 0 Å². The second-order valence-electron chi connectivity index (χ2n) is 6.71. The Hall–Kier alpha value is -0.510. The molecule has 0 radical (unpaired) electrons. The Morgan fingerprint density at radius 2 is 2.00 bits per heavy atom. The molecule has 2 nitrogen and oxygen atoms in total. The summed E-state index contributed by atoms with van der Waals surface area (Å²) in [6.07, 6.45) is 1.20. The molecule has 1 atom stereocenters. The van der Waals surface area contributed by atoms with E-state index in [4.69, 9.17) is 0 Å². The molecule has 3 rings (SSSR count). The van der Waals surface area contributed by atoms with Crippen LogP contribution in [-0.4, -0.2) is 42.6 Å². The SMILES string of the molecule is CC1(C)Cc2ccccc2C1NCCN1CCSCC1. The predicted octanol–water partition coefficient (Wildman–Crippen LogP) is 2.95. The zero-order valence-corrected chi connectivity index (χ0v) is 13.5. The van der Waals surface area contributed by atoms with E-state index >= 15 is 0 Å². The number of hydrogen-bond donors (Lipinski definition) is 1. The Balaban J connectivity index is 1.58. The average Bonchev–Trinajstić information content (AvgIpc) is 2.71. The number of hydrogen-bond acceptors (Lipinski definition) is 3. The minimum Gasteiger partial charge on any atom is -0.308 e. The Labute approximate surface area is 127 Å². The molecule has 0 saturated carbocycles. The van der Waals surface area contributed by atoms with Gasteiger partial charge in [-0.2, -0.15) is 11.8 Å². The third-order valence-electron chi connectivity index (χ3n) is 4.67. The van der Waals surface area contributed by atoms with Crippen molar-refractivity contribution >= 4 is 11.8 Å². The molecular weight excluding hydrogens is 264 g/mol. The summed E-state index contributed by atoms with van der Waals surface area (Å²) < 4.78 is 0. The maximum Gasteiger partial charge on any atom is 0.0378 e. The molecule has 0 aromatic heterocycles. The zero-order valence-electron chi connectivity index (χ0n) is 12.7. The highest BCUT2D eigenvalue weighted by atomic mass is 32.2. The van der Waals surface area contributed by atoms with E-state index < -0.39 is 0 Å². The van der Waals surface area contributed by atoms with E-state index in [1.807, 2.05) is 0 Å². The fraction of sp³-hybridized carbons (Fsp3) is 0.647. The van der Waals surface area contributed by atoms with Crippen LogP contribution in [0, 0.1) is 5.41 Å². The van der Waals surface area contributed by atoms with E-state index in [1.54, 1.807) is 0 Å². The Bertz CT molecular complexity index is 452. The molecular formula is C17H26N2S. The first-order valence-corrected chi connectivity index (χ1v) is 8.93. The van der Waals surface area contributed by atoms with Gasteiger partial charge in [0.25, 0.3) is 0 Å². The van der Waals surface area contributed by atoms with Gasteiger partial charge in [-0.1, -0.05) is 38.1 Å². The number of thioether (sulfide) groups is 1. The molecule has 1 aromatic rings. The first kappa shape index (κ1) is 14.4. The molecule has 1 aliphatic heterocycles. The monoisotopic (exact) mass is 290 g/mol. The number of nitrogens with zero attached hydrogens (tertiary/aromatic N) is 1. The summed E-state index contributed by atoms with van der Waals surface area (Å²) in [4.78, 5) is 2.59. The molecule has 0 bridgehead atoms. The van der Waals surface area contributed by atoms with Crippen LogP contribution in [0.4, 0.5) is 0 Å². The summed E-state index contributed by atoms with van der Waals surface area (Å²) in [6, 6.07) is 9.46. The molecule has 1 saturated heterocycles. The van der Waals surface area contributed by atoms with Crippen LogP contribution in [0.15, 0.2) is 24.3 Å². The first-order chi connectivity index (χ1) is 9.67. The molecule has 110 valence electrons. The van der Waals surface area contributed by atoms with Crippen molar-refractivity contribution in [2.24, 2.45) is 5.41 Å².